The molecule has 6 nitrogen and oxygen atoms in total. The lowest BCUT2D eigenvalue weighted by Gasteiger charge is -2.06. The molecule has 2 N–H and O–H groups in total. The van der Waals surface area contributed by atoms with Crippen molar-refractivity contribution >= 4 is 34.8 Å². The topological polar surface area (TPSA) is 102 Å². The van der Waals surface area contributed by atoms with E-state index in [1.54, 1.807) is 30.6 Å². The number of nitriles is 1. The summed E-state index contributed by atoms with van der Waals surface area (Å²) in [7, 11) is 0. The molecule has 0 saturated carbocycles. The van der Waals surface area contributed by atoms with Crippen molar-refractivity contribution in [3.63, 3.8) is 0 Å². The summed E-state index contributed by atoms with van der Waals surface area (Å²) in [4.78, 5) is 23.2. The first-order valence-electron chi connectivity index (χ1n) is 9.61. The van der Waals surface area contributed by atoms with E-state index in [2.05, 4.69) is 21.0 Å². The molecule has 0 aliphatic carbocycles. The average Bonchev–Trinajstić information content (AvgIpc) is 2.79. The van der Waals surface area contributed by atoms with Crippen LogP contribution in [0.4, 0.5) is 5.69 Å². The SMILES string of the molecule is N#CCc1ccc(N=Cc2c(O)[nH]c(=O)c3ccc(/C=C/c4ccncc4)cc23)cc1. The van der Waals surface area contributed by atoms with Gasteiger partial charge in [0.1, 0.15) is 0 Å². The molecule has 2 heterocycles. The van der Waals surface area contributed by atoms with Gasteiger partial charge in [0.2, 0.25) is 5.88 Å². The Labute approximate surface area is 178 Å². The highest BCUT2D eigenvalue weighted by atomic mass is 16.3. The molecule has 0 aliphatic heterocycles. The summed E-state index contributed by atoms with van der Waals surface area (Å²) in [6.45, 7) is 0. The molecule has 150 valence electrons. The van der Waals surface area contributed by atoms with E-state index in [9.17, 15) is 9.90 Å². The smallest absolute Gasteiger partial charge is 0.258 e. The Morgan fingerprint density at radius 3 is 2.48 bits per heavy atom. The standard InChI is InChI=1S/C25H18N4O2/c26-12-9-17-3-6-20(7-4-17)28-16-23-22-15-19(2-1-18-10-13-27-14-11-18)5-8-21(22)24(30)29-25(23)31/h1-8,10-11,13-16H,9H2,(H2,29,30,31)/b2-1+,28-16?. The summed E-state index contributed by atoms with van der Waals surface area (Å²) in [6.07, 6.45) is 9.20. The monoisotopic (exact) mass is 406 g/mol. The van der Waals surface area contributed by atoms with Crippen LogP contribution >= 0.6 is 0 Å². The Morgan fingerprint density at radius 1 is 1.00 bits per heavy atom. The van der Waals surface area contributed by atoms with Crippen LogP contribution in [-0.2, 0) is 6.42 Å². The molecule has 0 unspecified atom stereocenters. The molecule has 0 atom stereocenters. The number of nitrogens with one attached hydrogen (secondary N) is 1. The third-order valence-electron chi connectivity index (χ3n) is 4.80. The third kappa shape index (κ3) is 4.57. The normalized spacial score (nSPS) is 11.3. The molecule has 0 amide bonds. The summed E-state index contributed by atoms with van der Waals surface area (Å²) in [6, 6.07) is 18.6. The Balaban J connectivity index is 1.72. The lowest BCUT2D eigenvalue weighted by molar-refractivity contribution is 0.452. The van der Waals surface area contributed by atoms with Crippen LogP contribution in [0, 0.1) is 11.3 Å². The predicted octanol–water partition coefficient (Wildman–Crippen LogP) is 4.62. The molecular formula is C25H18N4O2. The first-order chi connectivity index (χ1) is 15.1. The summed E-state index contributed by atoms with van der Waals surface area (Å²) < 4.78 is 0. The maximum Gasteiger partial charge on any atom is 0.258 e. The van der Waals surface area contributed by atoms with Gasteiger partial charge in [0.25, 0.3) is 5.56 Å². The van der Waals surface area contributed by atoms with Crippen LogP contribution in [0.3, 0.4) is 0 Å². The number of aromatic amines is 1. The van der Waals surface area contributed by atoms with Crippen LogP contribution < -0.4 is 5.56 Å². The number of aromatic nitrogens is 2. The van der Waals surface area contributed by atoms with Crippen molar-refractivity contribution in [3.8, 4) is 11.9 Å². The second kappa shape index (κ2) is 8.89. The maximum absolute atomic E-state index is 12.3. The lowest BCUT2D eigenvalue weighted by Crippen LogP contribution is -2.08. The van der Waals surface area contributed by atoms with Crippen LogP contribution in [0.2, 0.25) is 0 Å². The van der Waals surface area contributed by atoms with Crippen molar-refractivity contribution in [3.05, 3.63) is 99.6 Å². The number of aliphatic imine (C=N–C) groups is 1. The molecule has 0 radical (unpaired) electrons. The first kappa shape index (κ1) is 19.8. The minimum absolute atomic E-state index is 0.238. The van der Waals surface area contributed by atoms with Crippen LogP contribution in [0.1, 0.15) is 22.3 Å². The number of hydrogen-bond acceptors (Lipinski definition) is 5. The molecule has 4 aromatic rings. The van der Waals surface area contributed by atoms with E-state index in [0.29, 0.717) is 28.4 Å². The molecule has 6 heteroatoms. The number of nitrogens with zero attached hydrogens (tertiary/aromatic N) is 3. The van der Waals surface area contributed by atoms with Gasteiger partial charge in [0.05, 0.1) is 23.7 Å². The van der Waals surface area contributed by atoms with E-state index >= 15 is 0 Å². The van der Waals surface area contributed by atoms with Gasteiger partial charge in [-0.05, 0) is 53.1 Å². The Kier molecular flexibility index (Phi) is 5.68. The number of benzene rings is 2. The zero-order valence-corrected chi connectivity index (χ0v) is 16.5. The van der Waals surface area contributed by atoms with Gasteiger partial charge in [-0.15, -0.1) is 0 Å². The lowest BCUT2D eigenvalue weighted by atomic mass is 10.0. The minimum atomic E-state index is -0.366. The Morgan fingerprint density at radius 2 is 1.74 bits per heavy atom. The molecule has 0 fully saturated rings. The zero-order valence-electron chi connectivity index (χ0n) is 16.5. The van der Waals surface area contributed by atoms with Crippen molar-refractivity contribution in [2.75, 3.05) is 0 Å². The van der Waals surface area contributed by atoms with Gasteiger partial charge in [-0.25, -0.2) is 0 Å². The highest BCUT2D eigenvalue weighted by molar-refractivity contribution is 6.02. The molecule has 2 aromatic heterocycles. The highest BCUT2D eigenvalue weighted by Gasteiger charge is 2.10. The van der Waals surface area contributed by atoms with Crippen LogP contribution in [0.15, 0.2) is 76.8 Å². The predicted molar refractivity (Wildman–Crippen MR) is 122 cm³/mol. The van der Waals surface area contributed by atoms with E-state index in [4.69, 9.17) is 5.26 Å². The van der Waals surface area contributed by atoms with E-state index in [1.165, 1.54) is 6.21 Å². The molecule has 0 spiro atoms. The number of pyridine rings is 2. The number of fused-ring (bicyclic) bond motifs is 1. The molecule has 0 aliphatic rings. The second-order valence-electron chi connectivity index (χ2n) is 6.89. The summed E-state index contributed by atoms with van der Waals surface area (Å²) in [5.41, 5.74) is 3.53. The van der Waals surface area contributed by atoms with Gasteiger partial charge in [0.15, 0.2) is 0 Å². The quantitative estimate of drug-likeness (QED) is 0.472. The molecule has 0 saturated heterocycles. The van der Waals surface area contributed by atoms with Crippen LogP contribution in [0.25, 0.3) is 22.9 Å². The molecule has 31 heavy (non-hydrogen) atoms. The zero-order chi connectivity index (χ0) is 21.6. The fraction of sp³-hybridized carbons (Fsp3) is 0.0400. The van der Waals surface area contributed by atoms with E-state index < -0.39 is 0 Å². The molecular weight excluding hydrogens is 388 g/mol. The first-order valence-corrected chi connectivity index (χ1v) is 9.61. The van der Waals surface area contributed by atoms with Gasteiger partial charge in [-0.2, -0.15) is 5.26 Å². The number of hydrogen-bond donors (Lipinski definition) is 2. The Bertz CT molecular complexity index is 1380. The van der Waals surface area contributed by atoms with Gasteiger partial charge >= 0.3 is 0 Å². The average molecular weight is 406 g/mol. The largest absolute Gasteiger partial charge is 0.494 e. The molecule has 4 rings (SSSR count). The third-order valence-corrected chi connectivity index (χ3v) is 4.80. The van der Waals surface area contributed by atoms with E-state index in [1.807, 2.05) is 48.6 Å². The van der Waals surface area contributed by atoms with Crippen molar-refractivity contribution in [2.45, 2.75) is 6.42 Å². The van der Waals surface area contributed by atoms with Gasteiger partial charge < -0.3 is 5.11 Å². The van der Waals surface area contributed by atoms with Crippen molar-refractivity contribution in [2.24, 2.45) is 4.99 Å². The maximum atomic E-state index is 12.3. The fourth-order valence-corrected chi connectivity index (χ4v) is 3.18. The summed E-state index contributed by atoms with van der Waals surface area (Å²) in [5, 5.41) is 20.2. The number of H-pyrrole nitrogens is 1. The van der Waals surface area contributed by atoms with Crippen LogP contribution in [-0.4, -0.2) is 21.3 Å². The van der Waals surface area contributed by atoms with E-state index in [0.717, 1.165) is 16.7 Å². The van der Waals surface area contributed by atoms with Gasteiger partial charge in [-0.1, -0.05) is 30.4 Å². The second-order valence-corrected chi connectivity index (χ2v) is 6.89. The summed E-state index contributed by atoms with van der Waals surface area (Å²) >= 11 is 0. The van der Waals surface area contributed by atoms with Crippen molar-refractivity contribution in [1.29, 1.82) is 5.26 Å². The Hall–Kier alpha value is -4.50. The fourth-order valence-electron chi connectivity index (χ4n) is 3.18. The van der Waals surface area contributed by atoms with Gasteiger partial charge in [0, 0.05) is 29.4 Å². The van der Waals surface area contributed by atoms with Crippen molar-refractivity contribution in [1.82, 2.24) is 9.97 Å². The molecule has 2 aromatic carbocycles. The highest BCUT2D eigenvalue weighted by Crippen LogP contribution is 2.24. The summed E-state index contributed by atoms with van der Waals surface area (Å²) in [5.74, 6) is -0.238. The van der Waals surface area contributed by atoms with Crippen molar-refractivity contribution < 1.29 is 5.11 Å². The van der Waals surface area contributed by atoms with Gasteiger partial charge in [-0.3, -0.25) is 19.8 Å². The van der Waals surface area contributed by atoms with Crippen LogP contribution in [0.5, 0.6) is 5.88 Å². The molecule has 0 bridgehead atoms. The number of aromatic hydroxyl groups is 1. The number of rotatable bonds is 5. The minimum Gasteiger partial charge on any atom is -0.494 e. The van der Waals surface area contributed by atoms with E-state index in [-0.39, 0.29) is 11.4 Å².